The Morgan fingerprint density at radius 3 is 3.00 bits per heavy atom. The van der Waals surface area contributed by atoms with Crippen LogP contribution < -0.4 is 15.5 Å². The largest absolute Gasteiger partial charge is 0.383 e. The van der Waals surface area contributed by atoms with E-state index in [9.17, 15) is 14.7 Å². The summed E-state index contributed by atoms with van der Waals surface area (Å²) in [6, 6.07) is 5.20. The van der Waals surface area contributed by atoms with Crippen molar-refractivity contribution >= 4 is 23.2 Å². The number of nitrogens with zero attached hydrogens (tertiary/aromatic N) is 1. The number of rotatable bonds is 6. The molecule has 0 saturated carbocycles. The minimum absolute atomic E-state index is 0.112. The molecule has 7 nitrogen and oxygen atoms in total. The summed E-state index contributed by atoms with van der Waals surface area (Å²) in [4.78, 5) is 24.9. The van der Waals surface area contributed by atoms with E-state index in [0.717, 1.165) is 5.69 Å². The highest BCUT2D eigenvalue weighted by Crippen LogP contribution is 2.33. The number of methoxy groups -OCH3 is 1. The van der Waals surface area contributed by atoms with E-state index in [1.807, 2.05) is 0 Å². The minimum atomic E-state index is -1.11. The molecule has 3 N–H and O–H groups in total. The van der Waals surface area contributed by atoms with Gasteiger partial charge in [-0.15, -0.1) is 0 Å². The first-order chi connectivity index (χ1) is 10.0. The molecule has 21 heavy (non-hydrogen) atoms. The van der Waals surface area contributed by atoms with Crippen LogP contribution in [-0.2, 0) is 14.3 Å². The van der Waals surface area contributed by atoms with E-state index in [2.05, 4.69) is 10.6 Å². The molecule has 0 fully saturated rings. The highest BCUT2D eigenvalue weighted by atomic mass is 16.5. The van der Waals surface area contributed by atoms with Gasteiger partial charge < -0.3 is 25.4 Å². The number of aliphatic hydroxyl groups excluding tert-OH is 1. The average Bonchev–Trinajstić information content (AvgIpc) is 2.74. The molecule has 0 aliphatic carbocycles. The predicted molar refractivity (Wildman–Crippen MR) is 78.2 cm³/mol. The van der Waals surface area contributed by atoms with Crippen molar-refractivity contribution in [2.75, 3.05) is 44.1 Å². The summed E-state index contributed by atoms with van der Waals surface area (Å²) in [5.74, 6) is -0.541. The van der Waals surface area contributed by atoms with Gasteiger partial charge in [-0.3, -0.25) is 9.59 Å². The Balaban J connectivity index is 1.98. The Morgan fingerprint density at radius 1 is 1.52 bits per heavy atom. The van der Waals surface area contributed by atoms with E-state index < -0.39 is 12.0 Å². The number of carbonyl (C=O) groups is 2. The molecule has 0 bridgehead atoms. The summed E-state index contributed by atoms with van der Waals surface area (Å²) < 4.78 is 4.86. The van der Waals surface area contributed by atoms with Crippen LogP contribution in [0.2, 0.25) is 0 Å². The first-order valence-electron chi connectivity index (χ1n) is 6.62. The van der Waals surface area contributed by atoms with E-state index in [1.54, 1.807) is 37.3 Å². The standard InChI is InChI=1S/C14H19N3O4/c1-17(8-12(18)15-5-6-21-2)9-3-4-10-11(7-9)16-14(20)13(10)19/h3-4,7,13,19H,5-6,8H2,1-2H3,(H,15,18)(H,16,20). The zero-order chi connectivity index (χ0) is 15.4. The number of likely N-dealkylation sites (N-methyl/N-ethyl adjacent to an activating group) is 1. The van der Waals surface area contributed by atoms with Crippen LogP contribution in [0.3, 0.4) is 0 Å². The molecule has 0 saturated heterocycles. The van der Waals surface area contributed by atoms with Crippen molar-refractivity contribution in [2.24, 2.45) is 0 Å². The van der Waals surface area contributed by atoms with Gasteiger partial charge in [0, 0.05) is 37.6 Å². The van der Waals surface area contributed by atoms with Gasteiger partial charge in [-0.25, -0.2) is 0 Å². The van der Waals surface area contributed by atoms with Crippen LogP contribution in [0.4, 0.5) is 11.4 Å². The molecule has 1 unspecified atom stereocenters. The zero-order valence-corrected chi connectivity index (χ0v) is 12.0. The maximum Gasteiger partial charge on any atom is 0.257 e. The van der Waals surface area contributed by atoms with Crippen molar-refractivity contribution in [1.82, 2.24) is 5.32 Å². The molecule has 0 spiro atoms. The number of benzene rings is 1. The van der Waals surface area contributed by atoms with Crippen LogP contribution >= 0.6 is 0 Å². The quantitative estimate of drug-likeness (QED) is 0.636. The van der Waals surface area contributed by atoms with Crippen LogP contribution in [0.25, 0.3) is 0 Å². The molecule has 2 amide bonds. The van der Waals surface area contributed by atoms with Crippen molar-refractivity contribution in [3.63, 3.8) is 0 Å². The van der Waals surface area contributed by atoms with Crippen molar-refractivity contribution in [1.29, 1.82) is 0 Å². The molecule has 1 heterocycles. The first-order valence-corrected chi connectivity index (χ1v) is 6.62. The number of nitrogens with one attached hydrogen (secondary N) is 2. The second-order valence-electron chi connectivity index (χ2n) is 4.86. The summed E-state index contributed by atoms with van der Waals surface area (Å²) >= 11 is 0. The lowest BCUT2D eigenvalue weighted by Crippen LogP contribution is -2.36. The Morgan fingerprint density at radius 2 is 2.29 bits per heavy atom. The van der Waals surface area contributed by atoms with Gasteiger partial charge in [0.2, 0.25) is 5.91 Å². The third-order valence-corrected chi connectivity index (χ3v) is 3.29. The molecule has 0 aromatic heterocycles. The topological polar surface area (TPSA) is 90.9 Å². The second kappa shape index (κ2) is 6.55. The first kappa shape index (κ1) is 15.3. The SMILES string of the molecule is COCCNC(=O)CN(C)c1ccc2c(c1)NC(=O)C2O. The summed E-state index contributed by atoms with van der Waals surface area (Å²) in [6.07, 6.45) is -1.11. The van der Waals surface area contributed by atoms with Gasteiger partial charge in [-0.05, 0) is 12.1 Å². The fourth-order valence-corrected chi connectivity index (χ4v) is 2.13. The number of amides is 2. The number of aliphatic hydroxyl groups is 1. The van der Waals surface area contributed by atoms with Crippen molar-refractivity contribution < 1.29 is 19.4 Å². The van der Waals surface area contributed by atoms with Crippen molar-refractivity contribution in [3.05, 3.63) is 23.8 Å². The number of hydrogen-bond donors (Lipinski definition) is 3. The van der Waals surface area contributed by atoms with Gasteiger partial charge in [0.05, 0.1) is 13.2 Å². The Hall–Kier alpha value is -2.12. The molecular formula is C14H19N3O4. The predicted octanol–water partition coefficient (Wildman–Crippen LogP) is -0.129. The maximum atomic E-state index is 11.7. The van der Waals surface area contributed by atoms with Gasteiger partial charge in [0.15, 0.2) is 6.10 Å². The number of ether oxygens (including phenoxy) is 1. The summed E-state index contributed by atoms with van der Waals surface area (Å²) in [6.45, 7) is 1.13. The summed E-state index contributed by atoms with van der Waals surface area (Å²) in [5.41, 5.74) is 1.92. The molecule has 2 rings (SSSR count). The molecule has 1 aromatic rings. The maximum absolute atomic E-state index is 11.7. The number of anilines is 2. The number of carbonyl (C=O) groups excluding carboxylic acids is 2. The zero-order valence-electron chi connectivity index (χ0n) is 12.0. The van der Waals surface area contributed by atoms with Crippen LogP contribution in [0, 0.1) is 0 Å². The lowest BCUT2D eigenvalue weighted by Gasteiger charge is -2.19. The van der Waals surface area contributed by atoms with Gasteiger partial charge >= 0.3 is 0 Å². The lowest BCUT2D eigenvalue weighted by atomic mass is 10.1. The normalized spacial score (nSPS) is 16.3. The number of fused-ring (bicyclic) bond motifs is 1. The molecule has 1 aromatic carbocycles. The van der Waals surface area contributed by atoms with E-state index in [1.165, 1.54) is 0 Å². The van der Waals surface area contributed by atoms with E-state index in [4.69, 9.17) is 4.74 Å². The highest BCUT2D eigenvalue weighted by molar-refractivity contribution is 6.02. The van der Waals surface area contributed by atoms with E-state index >= 15 is 0 Å². The minimum Gasteiger partial charge on any atom is -0.383 e. The fraction of sp³-hybridized carbons (Fsp3) is 0.429. The monoisotopic (exact) mass is 293 g/mol. The molecule has 1 atom stereocenters. The number of hydrogen-bond acceptors (Lipinski definition) is 5. The van der Waals surface area contributed by atoms with E-state index in [0.29, 0.717) is 24.4 Å². The lowest BCUT2D eigenvalue weighted by molar-refractivity contribution is -0.123. The molecule has 1 aliphatic rings. The average molecular weight is 293 g/mol. The van der Waals surface area contributed by atoms with Crippen LogP contribution in [0.1, 0.15) is 11.7 Å². The van der Waals surface area contributed by atoms with E-state index in [-0.39, 0.29) is 12.5 Å². The molecular weight excluding hydrogens is 274 g/mol. The Kier molecular flexibility index (Phi) is 4.77. The van der Waals surface area contributed by atoms with Gasteiger partial charge in [-0.2, -0.15) is 0 Å². The fourth-order valence-electron chi connectivity index (χ4n) is 2.13. The van der Waals surface area contributed by atoms with Gasteiger partial charge in [0.25, 0.3) is 5.91 Å². The van der Waals surface area contributed by atoms with Crippen LogP contribution in [-0.4, -0.2) is 50.8 Å². The molecule has 114 valence electrons. The summed E-state index contributed by atoms with van der Waals surface area (Å²) in [5, 5.41) is 15.0. The second-order valence-corrected chi connectivity index (χ2v) is 4.86. The highest BCUT2D eigenvalue weighted by Gasteiger charge is 2.28. The third kappa shape index (κ3) is 3.50. The third-order valence-electron chi connectivity index (χ3n) is 3.29. The smallest absolute Gasteiger partial charge is 0.257 e. The van der Waals surface area contributed by atoms with Gasteiger partial charge in [0.1, 0.15) is 0 Å². The molecule has 7 heteroatoms. The molecule has 1 aliphatic heterocycles. The Labute approximate surface area is 122 Å². The molecule has 0 radical (unpaired) electrons. The Bertz CT molecular complexity index is 547. The van der Waals surface area contributed by atoms with Crippen molar-refractivity contribution in [2.45, 2.75) is 6.10 Å². The van der Waals surface area contributed by atoms with Crippen molar-refractivity contribution in [3.8, 4) is 0 Å². The summed E-state index contributed by atoms with van der Waals surface area (Å²) in [7, 11) is 3.36. The van der Waals surface area contributed by atoms with Crippen LogP contribution in [0.15, 0.2) is 18.2 Å². The van der Waals surface area contributed by atoms with Gasteiger partial charge in [-0.1, -0.05) is 6.07 Å². The van der Waals surface area contributed by atoms with Crippen LogP contribution in [0.5, 0.6) is 0 Å².